The van der Waals surface area contributed by atoms with Crippen molar-refractivity contribution in [2.75, 3.05) is 13.2 Å². The topological polar surface area (TPSA) is 78.9 Å². The van der Waals surface area contributed by atoms with Crippen LogP contribution in [0.25, 0.3) is 0 Å². The lowest BCUT2D eigenvalue weighted by atomic mass is 10.1. The van der Waals surface area contributed by atoms with E-state index in [4.69, 9.17) is 14.2 Å². The summed E-state index contributed by atoms with van der Waals surface area (Å²) in [5.41, 5.74) is 0. The number of hydrogen-bond donors (Lipinski definition) is 0. The van der Waals surface area contributed by atoms with Gasteiger partial charge in [-0.15, -0.1) is 0 Å². The van der Waals surface area contributed by atoms with E-state index < -0.39 is 6.10 Å². The Hall–Kier alpha value is -3.93. The zero-order chi connectivity index (χ0) is 52.2. The summed E-state index contributed by atoms with van der Waals surface area (Å²) < 4.78 is 16.9. The molecule has 6 nitrogen and oxygen atoms in total. The van der Waals surface area contributed by atoms with Crippen LogP contribution < -0.4 is 0 Å². The van der Waals surface area contributed by atoms with E-state index in [9.17, 15) is 14.4 Å². The van der Waals surface area contributed by atoms with Crippen molar-refractivity contribution in [2.24, 2.45) is 0 Å². The summed E-state index contributed by atoms with van der Waals surface area (Å²) in [5, 5.41) is 0. The number of ether oxygens (including phenoxy) is 3. The second-order valence-electron chi connectivity index (χ2n) is 19.5. The minimum atomic E-state index is -0.788. The average Bonchev–Trinajstić information content (AvgIpc) is 3.38. The predicted octanol–water partition coefficient (Wildman–Crippen LogP) is 20.3. The SMILES string of the molecule is CC/C=C\C/C=C\C/C=C\C/C=C\C/C=C\CCCCCCCCCCCC(=O)OCC(COC(=O)CCCCCCCCCCCC)OC(=O)CCCCCCCC/C=C\C/C=C\C/C=C\C/C=C\CC. The monoisotopic (exact) mass is 999 g/mol. The molecule has 0 fully saturated rings. The maximum Gasteiger partial charge on any atom is 0.306 e. The van der Waals surface area contributed by atoms with Gasteiger partial charge in [0.25, 0.3) is 0 Å². The van der Waals surface area contributed by atoms with Gasteiger partial charge in [-0.3, -0.25) is 14.4 Å². The fourth-order valence-electron chi connectivity index (χ4n) is 8.11. The van der Waals surface area contributed by atoms with Gasteiger partial charge in [0.1, 0.15) is 13.2 Å². The molecule has 0 heterocycles. The first-order valence-corrected chi connectivity index (χ1v) is 29.9. The Morgan fingerprint density at radius 3 is 0.847 bits per heavy atom. The molecule has 0 radical (unpaired) electrons. The summed E-state index contributed by atoms with van der Waals surface area (Å²) in [4.78, 5) is 38.2. The third-order valence-electron chi connectivity index (χ3n) is 12.5. The highest BCUT2D eigenvalue weighted by atomic mass is 16.6. The molecular formula is C66H110O6. The number of rotatable bonds is 53. The largest absolute Gasteiger partial charge is 0.462 e. The molecule has 0 aliphatic carbocycles. The van der Waals surface area contributed by atoms with Gasteiger partial charge < -0.3 is 14.2 Å². The molecule has 0 aromatic carbocycles. The lowest BCUT2D eigenvalue weighted by Crippen LogP contribution is -2.30. The minimum absolute atomic E-state index is 0.0850. The van der Waals surface area contributed by atoms with Gasteiger partial charge in [0.05, 0.1) is 0 Å². The van der Waals surface area contributed by atoms with E-state index in [2.05, 4.69) is 130 Å². The van der Waals surface area contributed by atoms with Crippen molar-refractivity contribution in [3.63, 3.8) is 0 Å². The first-order valence-electron chi connectivity index (χ1n) is 29.9. The van der Waals surface area contributed by atoms with Gasteiger partial charge >= 0.3 is 17.9 Å². The second kappa shape index (κ2) is 59.6. The maximum absolute atomic E-state index is 12.9. The van der Waals surface area contributed by atoms with E-state index in [1.165, 1.54) is 96.3 Å². The summed E-state index contributed by atoms with van der Waals surface area (Å²) in [6, 6.07) is 0. The van der Waals surface area contributed by atoms with Crippen molar-refractivity contribution >= 4 is 17.9 Å². The Morgan fingerprint density at radius 2 is 0.542 bits per heavy atom. The quantitative estimate of drug-likeness (QED) is 0.0261. The molecule has 72 heavy (non-hydrogen) atoms. The molecule has 0 bridgehead atoms. The van der Waals surface area contributed by atoms with Gasteiger partial charge in [0, 0.05) is 19.3 Å². The van der Waals surface area contributed by atoms with Crippen LogP contribution in [-0.2, 0) is 28.6 Å². The van der Waals surface area contributed by atoms with E-state index in [0.29, 0.717) is 19.3 Å². The third kappa shape index (κ3) is 57.0. The van der Waals surface area contributed by atoms with Crippen LogP contribution in [0, 0.1) is 0 Å². The van der Waals surface area contributed by atoms with Gasteiger partial charge in [-0.1, -0.05) is 259 Å². The van der Waals surface area contributed by atoms with Crippen LogP contribution in [0.5, 0.6) is 0 Å². The van der Waals surface area contributed by atoms with Crippen molar-refractivity contribution < 1.29 is 28.6 Å². The molecule has 0 aliphatic heterocycles. The van der Waals surface area contributed by atoms with Crippen molar-refractivity contribution in [1.29, 1.82) is 0 Å². The van der Waals surface area contributed by atoms with Crippen molar-refractivity contribution in [3.05, 3.63) is 109 Å². The molecule has 0 aromatic rings. The normalized spacial score (nSPS) is 12.9. The summed E-state index contributed by atoms with van der Waals surface area (Å²) >= 11 is 0. The number of allylic oxidation sites excluding steroid dienone is 18. The summed E-state index contributed by atoms with van der Waals surface area (Å²) in [7, 11) is 0. The lowest BCUT2D eigenvalue weighted by Gasteiger charge is -2.18. The minimum Gasteiger partial charge on any atom is -0.462 e. The molecule has 0 amide bonds. The molecule has 1 unspecified atom stereocenters. The summed E-state index contributed by atoms with van der Waals surface area (Å²) in [6.45, 7) is 6.39. The first-order chi connectivity index (χ1) is 35.5. The Morgan fingerprint density at radius 1 is 0.292 bits per heavy atom. The Kier molecular flexibility index (Phi) is 56.4. The van der Waals surface area contributed by atoms with E-state index >= 15 is 0 Å². The molecular weight excluding hydrogens is 889 g/mol. The van der Waals surface area contributed by atoms with Gasteiger partial charge in [0.15, 0.2) is 6.10 Å². The van der Waals surface area contributed by atoms with Crippen LogP contribution in [0.3, 0.4) is 0 Å². The molecule has 0 saturated carbocycles. The van der Waals surface area contributed by atoms with E-state index in [-0.39, 0.29) is 31.1 Å². The van der Waals surface area contributed by atoms with Crippen LogP contribution in [0.1, 0.15) is 271 Å². The van der Waals surface area contributed by atoms with Crippen LogP contribution in [0.2, 0.25) is 0 Å². The second-order valence-corrected chi connectivity index (χ2v) is 19.5. The maximum atomic E-state index is 12.9. The van der Waals surface area contributed by atoms with Crippen LogP contribution in [0.4, 0.5) is 0 Å². The van der Waals surface area contributed by atoms with Gasteiger partial charge in [-0.2, -0.15) is 0 Å². The molecule has 410 valence electrons. The highest BCUT2D eigenvalue weighted by Gasteiger charge is 2.19. The average molecular weight is 1000 g/mol. The highest BCUT2D eigenvalue weighted by molar-refractivity contribution is 5.71. The predicted molar refractivity (Wildman–Crippen MR) is 311 cm³/mol. The molecule has 0 N–H and O–H groups in total. The van der Waals surface area contributed by atoms with Crippen molar-refractivity contribution in [1.82, 2.24) is 0 Å². The number of carbonyl (C=O) groups is 3. The molecule has 0 aromatic heterocycles. The van der Waals surface area contributed by atoms with E-state index in [0.717, 1.165) is 135 Å². The smallest absolute Gasteiger partial charge is 0.306 e. The Balaban J connectivity index is 4.32. The Labute approximate surface area is 444 Å². The number of carbonyl (C=O) groups excluding carboxylic acids is 3. The molecule has 0 saturated heterocycles. The van der Waals surface area contributed by atoms with Gasteiger partial charge in [-0.25, -0.2) is 0 Å². The third-order valence-corrected chi connectivity index (χ3v) is 12.5. The number of unbranched alkanes of at least 4 members (excludes halogenated alkanes) is 24. The molecule has 6 heteroatoms. The van der Waals surface area contributed by atoms with E-state index in [1.807, 2.05) is 0 Å². The zero-order valence-corrected chi connectivity index (χ0v) is 46.9. The molecule has 1 atom stereocenters. The summed E-state index contributed by atoms with van der Waals surface area (Å²) in [5.74, 6) is -0.904. The van der Waals surface area contributed by atoms with Crippen molar-refractivity contribution in [3.8, 4) is 0 Å². The Bertz CT molecular complexity index is 1470. The van der Waals surface area contributed by atoms with Gasteiger partial charge in [-0.05, 0) is 103 Å². The summed E-state index contributed by atoms with van der Waals surface area (Å²) in [6.07, 6.45) is 80.8. The molecule has 0 spiro atoms. The number of esters is 3. The fourth-order valence-corrected chi connectivity index (χ4v) is 8.11. The number of hydrogen-bond acceptors (Lipinski definition) is 6. The van der Waals surface area contributed by atoms with Crippen molar-refractivity contribution in [2.45, 2.75) is 277 Å². The zero-order valence-electron chi connectivity index (χ0n) is 46.9. The van der Waals surface area contributed by atoms with Crippen LogP contribution >= 0.6 is 0 Å². The fraction of sp³-hybridized carbons (Fsp3) is 0.682. The molecule has 0 rings (SSSR count). The first kappa shape index (κ1) is 68.1. The lowest BCUT2D eigenvalue weighted by molar-refractivity contribution is -0.167. The van der Waals surface area contributed by atoms with Crippen LogP contribution in [-0.4, -0.2) is 37.2 Å². The van der Waals surface area contributed by atoms with E-state index in [1.54, 1.807) is 0 Å². The van der Waals surface area contributed by atoms with Crippen LogP contribution in [0.15, 0.2) is 109 Å². The highest BCUT2D eigenvalue weighted by Crippen LogP contribution is 2.15. The standard InChI is InChI=1S/C66H110O6/c1-4-7-10-13-16-19-22-24-26-28-30-31-32-33-34-35-37-38-40-42-44-47-50-53-56-59-65(68)71-62-63(61-70-64(67)58-55-52-49-46-21-18-15-12-9-6-3)72-66(69)60-57-54-51-48-45-43-41-39-36-29-27-25-23-20-17-14-11-8-5-2/h7-8,10-11,16-17,19-20,24-27,30-31,33-34,36,39,63H,4-6,9,12-15,18,21-23,28-29,32,35,37-38,40-62H2,1-3H3/b10-7-,11-8-,19-16-,20-17-,26-24-,27-25-,31-30-,34-33-,39-36-. The molecule has 0 aliphatic rings. The van der Waals surface area contributed by atoms with Gasteiger partial charge in [0.2, 0.25) is 0 Å².